The molecule has 0 amide bonds. The van der Waals surface area contributed by atoms with Crippen LogP contribution in [0.25, 0.3) is 0 Å². The molecule has 1 aliphatic carbocycles. The van der Waals surface area contributed by atoms with E-state index in [0.29, 0.717) is 11.7 Å². The summed E-state index contributed by atoms with van der Waals surface area (Å²) in [5.74, 6) is 1.72. The van der Waals surface area contributed by atoms with Crippen molar-refractivity contribution >= 4 is 0 Å². The lowest BCUT2D eigenvalue weighted by Gasteiger charge is -2.51. The van der Waals surface area contributed by atoms with Crippen LogP contribution in [0, 0.1) is 5.92 Å². The van der Waals surface area contributed by atoms with Gasteiger partial charge in [-0.3, -0.25) is 0 Å². The van der Waals surface area contributed by atoms with Gasteiger partial charge in [-0.1, -0.05) is 42.5 Å². The lowest BCUT2D eigenvalue weighted by molar-refractivity contribution is -0.00691. The molecule has 0 aromatic heterocycles. The summed E-state index contributed by atoms with van der Waals surface area (Å²) in [5.41, 5.74) is 2.82. The predicted molar refractivity (Wildman–Crippen MR) is 103 cm³/mol. The van der Waals surface area contributed by atoms with Crippen LogP contribution in [-0.4, -0.2) is 35.7 Å². The minimum absolute atomic E-state index is 0.121. The van der Waals surface area contributed by atoms with Gasteiger partial charge in [-0.15, -0.1) is 0 Å². The summed E-state index contributed by atoms with van der Waals surface area (Å²) in [7, 11) is 0. The Bertz CT molecular complexity index is 790. The maximum atomic E-state index is 10.3. The number of benzene rings is 2. The van der Waals surface area contributed by atoms with Crippen molar-refractivity contribution in [3.63, 3.8) is 0 Å². The van der Waals surface area contributed by atoms with Crippen molar-refractivity contribution in [3.8, 4) is 11.5 Å². The highest BCUT2D eigenvalue weighted by molar-refractivity contribution is 5.54. The van der Waals surface area contributed by atoms with Crippen LogP contribution in [-0.2, 0) is 11.8 Å². The summed E-state index contributed by atoms with van der Waals surface area (Å²) in [4.78, 5) is 2.64. The Kier molecular flexibility index (Phi) is 3.93. The van der Waals surface area contributed by atoms with Crippen LogP contribution in [0.1, 0.15) is 36.8 Å². The molecule has 1 spiro atoms. The van der Waals surface area contributed by atoms with E-state index in [1.165, 1.54) is 24.0 Å². The van der Waals surface area contributed by atoms with Crippen molar-refractivity contribution in [2.75, 3.05) is 19.6 Å². The number of fused-ring (bicyclic) bond motifs is 1. The normalized spacial score (nSPS) is 30.2. The summed E-state index contributed by atoms with van der Waals surface area (Å²) >= 11 is 0. The van der Waals surface area contributed by atoms with Gasteiger partial charge in [-0.05, 0) is 56.2 Å². The molecule has 3 nitrogen and oxygen atoms in total. The number of rotatable bonds is 3. The van der Waals surface area contributed by atoms with E-state index in [1.54, 1.807) is 6.07 Å². The highest BCUT2D eigenvalue weighted by atomic mass is 16.5. The Morgan fingerprint density at radius 2 is 1.96 bits per heavy atom. The third-order valence-corrected chi connectivity index (χ3v) is 6.96. The second-order valence-corrected chi connectivity index (χ2v) is 8.21. The van der Waals surface area contributed by atoms with Crippen molar-refractivity contribution < 1.29 is 9.84 Å². The first-order valence-electron chi connectivity index (χ1n) is 10.0. The maximum Gasteiger partial charge on any atom is 0.165 e. The van der Waals surface area contributed by atoms with Crippen molar-refractivity contribution in [1.29, 1.82) is 0 Å². The number of ether oxygens (including phenoxy) is 1. The smallest absolute Gasteiger partial charge is 0.165 e. The third-order valence-electron chi connectivity index (χ3n) is 6.96. The van der Waals surface area contributed by atoms with Crippen LogP contribution in [0.4, 0.5) is 0 Å². The highest BCUT2D eigenvalue weighted by Crippen LogP contribution is 2.58. The molecule has 1 saturated heterocycles. The first kappa shape index (κ1) is 16.2. The molecule has 2 aromatic carbocycles. The lowest BCUT2D eigenvalue weighted by atomic mass is 9.58. The van der Waals surface area contributed by atoms with Crippen LogP contribution >= 0.6 is 0 Å². The molecule has 2 fully saturated rings. The summed E-state index contributed by atoms with van der Waals surface area (Å²) in [6.45, 7) is 3.41. The zero-order valence-electron chi connectivity index (χ0n) is 15.2. The van der Waals surface area contributed by atoms with Gasteiger partial charge < -0.3 is 14.7 Å². The number of hydrogen-bond acceptors (Lipinski definition) is 3. The van der Waals surface area contributed by atoms with Gasteiger partial charge in [0, 0.05) is 24.1 Å². The molecule has 2 aliphatic heterocycles. The Morgan fingerprint density at radius 1 is 1.08 bits per heavy atom. The molecule has 136 valence electrons. The zero-order valence-corrected chi connectivity index (χ0v) is 15.2. The van der Waals surface area contributed by atoms with Crippen LogP contribution in [0.15, 0.2) is 48.5 Å². The maximum absolute atomic E-state index is 10.3. The van der Waals surface area contributed by atoms with E-state index in [0.717, 1.165) is 44.6 Å². The molecule has 2 aromatic rings. The Morgan fingerprint density at radius 3 is 2.85 bits per heavy atom. The van der Waals surface area contributed by atoms with E-state index in [-0.39, 0.29) is 11.5 Å². The first-order valence-corrected chi connectivity index (χ1v) is 10.0. The Balaban J connectivity index is 1.37. The van der Waals surface area contributed by atoms with Gasteiger partial charge in [0.05, 0.1) is 0 Å². The first-order chi connectivity index (χ1) is 12.8. The average molecular weight is 349 g/mol. The SMILES string of the molecule is Oc1cccc2c1O[C@H]1CCC[C@H]3CN(CCc4ccccc4)CC[C@@]231. The number of para-hydroxylation sites is 1. The van der Waals surface area contributed by atoms with E-state index >= 15 is 0 Å². The second kappa shape index (κ2) is 6.31. The Hall–Kier alpha value is -2.00. The fourth-order valence-corrected chi connectivity index (χ4v) is 5.68. The molecule has 0 radical (unpaired) electrons. The minimum Gasteiger partial charge on any atom is -0.504 e. The largest absolute Gasteiger partial charge is 0.504 e. The molecule has 26 heavy (non-hydrogen) atoms. The molecule has 1 N–H and O–H groups in total. The minimum atomic E-state index is 0.121. The van der Waals surface area contributed by atoms with Gasteiger partial charge in [0.1, 0.15) is 6.10 Å². The molecular weight excluding hydrogens is 322 g/mol. The molecule has 0 bridgehead atoms. The summed E-state index contributed by atoms with van der Waals surface area (Å²) in [5, 5.41) is 10.3. The molecule has 2 heterocycles. The number of piperidine rings is 1. The number of likely N-dealkylation sites (tertiary alicyclic amines) is 1. The number of hydrogen-bond donors (Lipinski definition) is 1. The van der Waals surface area contributed by atoms with Crippen LogP contribution in [0.3, 0.4) is 0 Å². The van der Waals surface area contributed by atoms with Gasteiger partial charge >= 0.3 is 0 Å². The van der Waals surface area contributed by atoms with Crippen LogP contribution in [0.5, 0.6) is 11.5 Å². The highest BCUT2D eigenvalue weighted by Gasteiger charge is 2.57. The van der Waals surface area contributed by atoms with E-state index in [2.05, 4.69) is 41.3 Å². The van der Waals surface area contributed by atoms with E-state index in [4.69, 9.17) is 4.74 Å². The van der Waals surface area contributed by atoms with E-state index in [1.807, 2.05) is 6.07 Å². The quantitative estimate of drug-likeness (QED) is 0.904. The lowest BCUT2D eigenvalue weighted by Crippen LogP contribution is -2.56. The molecule has 0 unspecified atom stereocenters. The van der Waals surface area contributed by atoms with Crippen LogP contribution in [0.2, 0.25) is 0 Å². The topological polar surface area (TPSA) is 32.7 Å². The van der Waals surface area contributed by atoms with Gasteiger partial charge in [0.2, 0.25) is 0 Å². The number of nitrogens with zero attached hydrogens (tertiary/aromatic N) is 1. The summed E-state index contributed by atoms with van der Waals surface area (Å²) < 4.78 is 6.30. The van der Waals surface area contributed by atoms with Crippen LogP contribution < -0.4 is 4.74 Å². The molecule has 3 heteroatoms. The monoisotopic (exact) mass is 349 g/mol. The predicted octanol–water partition coefficient (Wildman–Crippen LogP) is 4.14. The fourth-order valence-electron chi connectivity index (χ4n) is 5.68. The molecule has 1 saturated carbocycles. The Labute approximate surface area is 155 Å². The standard InChI is InChI=1S/C23H27NO2/c25-20-10-5-9-19-22(20)26-21-11-4-8-18-16-24(15-13-23(18,19)21)14-12-17-6-2-1-3-7-17/h1-3,5-7,9-10,18,21,25H,4,8,11-16H2/t18-,21-,23-/m0/s1. The van der Waals surface area contributed by atoms with Gasteiger partial charge in [0.15, 0.2) is 11.5 Å². The van der Waals surface area contributed by atoms with Crippen molar-refractivity contribution in [3.05, 3.63) is 59.7 Å². The van der Waals surface area contributed by atoms with Gasteiger partial charge in [-0.25, -0.2) is 0 Å². The second-order valence-electron chi connectivity index (χ2n) is 8.21. The fraction of sp³-hybridized carbons (Fsp3) is 0.478. The summed E-state index contributed by atoms with van der Waals surface area (Å²) in [6, 6.07) is 16.8. The zero-order chi connectivity index (χ0) is 17.6. The van der Waals surface area contributed by atoms with Gasteiger partial charge in [0.25, 0.3) is 0 Å². The molecule has 3 atom stereocenters. The number of phenols is 1. The van der Waals surface area contributed by atoms with Gasteiger partial charge in [-0.2, -0.15) is 0 Å². The van der Waals surface area contributed by atoms with Crippen molar-refractivity contribution in [1.82, 2.24) is 4.90 Å². The average Bonchev–Trinajstić information content (AvgIpc) is 3.02. The third kappa shape index (κ3) is 2.44. The molecular formula is C23H27NO2. The number of aromatic hydroxyl groups is 1. The van der Waals surface area contributed by atoms with E-state index < -0.39 is 0 Å². The van der Waals surface area contributed by atoms with Crippen molar-refractivity contribution in [2.24, 2.45) is 5.92 Å². The number of phenolic OH excluding ortho intramolecular Hbond substituents is 1. The van der Waals surface area contributed by atoms with Crippen molar-refractivity contribution in [2.45, 2.75) is 43.6 Å². The molecule has 5 rings (SSSR count). The van der Waals surface area contributed by atoms with E-state index in [9.17, 15) is 5.11 Å². The molecule has 3 aliphatic rings. The summed E-state index contributed by atoms with van der Waals surface area (Å²) in [6.07, 6.45) is 6.15.